The molecule has 2 aromatic rings. The molecule has 24 heavy (non-hydrogen) atoms. The monoisotopic (exact) mass is 324 g/mol. The highest BCUT2D eigenvalue weighted by atomic mass is 16.2. The first kappa shape index (κ1) is 16.5. The predicted molar refractivity (Wildman–Crippen MR) is 95.7 cm³/mol. The van der Waals surface area contributed by atoms with Crippen LogP contribution in [0, 0.1) is 6.92 Å². The van der Waals surface area contributed by atoms with Crippen LogP contribution in [0.25, 0.3) is 0 Å². The van der Waals surface area contributed by atoms with E-state index in [4.69, 9.17) is 5.73 Å². The fourth-order valence-electron chi connectivity index (χ4n) is 3.19. The van der Waals surface area contributed by atoms with Gasteiger partial charge in [-0.25, -0.2) is 0 Å². The summed E-state index contributed by atoms with van der Waals surface area (Å²) in [6.45, 7) is 7.34. The Labute approximate surface area is 143 Å². The van der Waals surface area contributed by atoms with Crippen LogP contribution in [-0.4, -0.2) is 46.9 Å². The molecule has 5 heteroatoms. The summed E-state index contributed by atoms with van der Waals surface area (Å²) >= 11 is 0. The number of rotatable bonds is 3. The topological polar surface area (TPSA) is 62.5 Å². The second-order valence-corrected chi connectivity index (χ2v) is 6.36. The number of piperazine rings is 1. The van der Waals surface area contributed by atoms with Crippen molar-refractivity contribution in [1.29, 1.82) is 0 Å². The minimum atomic E-state index is 0.0773. The third-order valence-corrected chi connectivity index (χ3v) is 4.81. The Morgan fingerprint density at radius 1 is 1.21 bits per heavy atom. The zero-order valence-electron chi connectivity index (χ0n) is 14.3. The van der Waals surface area contributed by atoms with Gasteiger partial charge in [-0.15, -0.1) is 0 Å². The average molecular weight is 324 g/mol. The number of aromatic nitrogens is 1. The fourth-order valence-corrected chi connectivity index (χ4v) is 3.19. The summed E-state index contributed by atoms with van der Waals surface area (Å²) in [4.78, 5) is 21.3. The summed E-state index contributed by atoms with van der Waals surface area (Å²) < 4.78 is 0. The summed E-state index contributed by atoms with van der Waals surface area (Å²) in [5.74, 6) is 0.0773. The zero-order chi connectivity index (χ0) is 17.1. The maximum Gasteiger partial charge on any atom is 0.254 e. The van der Waals surface area contributed by atoms with Crippen LogP contribution in [-0.2, 0) is 0 Å². The number of carbonyl (C=O) groups excluding carboxylic acids is 1. The lowest BCUT2D eigenvalue weighted by Crippen LogP contribution is -2.49. The SMILES string of the molecule is Cc1ccc(N)cc1C(=O)N1CCN(C(C)c2cccnc2)CC1. The van der Waals surface area contributed by atoms with Crippen LogP contribution in [0.5, 0.6) is 0 Å². The van der Waals surface area contributed by atoms with E-state index in [-0.39, 0.29) is 5.91 Å². The molecular formula is C19H24N4O. The lowest BCUT2D eigenvalue weighted by Gasteiger charge is -2.38. The molecule has 0 aliphatic carbocycles. The van der Waals surface area contributed by atoms with E-state index in [0.717, 1.165) is 31.7 Å². The lowest BCUT2D eigenvalue weighted by molar-refractivity contribution is 0.0581. The maximum absolute atomic E-state index is 12.8. The van der Waals surface area contributed by atoms with Crippen molar-refractivity contribution in [2.24, 2.45) is 0 Å². The van der Waals surface area contributed by atoms with E-state index in [1.807, 2.05) is 36.2 Å². The highest BCUT2D eigenvalue weighted by molar-refractivity contribution is 5.96. The van der Waals surface area contributed by atoms with E-state index in [0.29, 0.717) is 17.3 Å². The van der Waals surface area contributed by atoms with Crippen molar-refractivity contribution in [3.05, 3.63) is 59.4 Å². The van der Waals surface area contributed by atoms with E-state index < -0.39 is 0 Å². The van der Waals surface area contributed by atoms with Crippen molar-refractivity contribution in [3.8, 4) is 0 Å². The number of hydrogen-bond acceptors (Lipinski definition) is 4. The molecule has 1 aromatic heterocycles. The lowest BCUT2D eigenvalue weighted by atomic mass is 10.1. The molecule has 1 aromatic carbocycles. The minimum Gasteiger partial charge on any atom is -0.399 e. The number of aryl methyl sites for hydroxylation is 1. The Kier molecular flexibility index (Phi) is 4.81. The standard InChI is InChI=1S/C19H24N4O/c1-14-5-6-17(20)12-18(14)19(24)23-10-8-22(9-11-23)15(2)16-4-3-7-21-13-16/h3-7,12-13,15H,8-11,20H2,1-2H3. The van der Waals surface area contributed by atoms with Gasteiger partial charge in [-0.3, -0.25) is 14.7 Å². The molecule has 1 amide bonds. The number of carbonyl (C=O) groups is 1. The zero-order valence-corrected chi connectivity index (χ0v) is 14.3. The Bertz CT molecular complexity index is 709. The Morgan fingerprint density at radius 3 is 2.62 bits per heavy atom. The molecule has 1 unspecified atom stereocenters. The molecule has 2 N–H and O–H groups in total. The molecule has 0 spiro atoms. The van der Waals surface area contributed by atoms with Crippen LogP contribution in [0.4, 0.5) is 5.69 Å². The van der Waals surface area contributed by atoms with Crippen molar-refractivity contribution in [1.82, 2.24) is 14.8 Å². The Morgan fingerprint density at radius 2 is 1.96 bits per heavy atom. The highest BCUT2D eigenvalue weighted by Crippen LogP contribution is 2.22. The molecule has 1 aliphatic heterocycles. The molecule has 2 heterocycles. The predicted octanol–water partition coefficient (Wildman–Crippen LogP) is 2.49. The number of nitrogens with zero attached hydrogens (tertiary/aromatic N) is 3. The van der Waals surface area contributed by atoms with Gasteiger partial charge in [0.15, 0.2) is 0 Å². The van der Waals surface area contributed by atoms with Crippen LogP contribution < -0.4 is 5.73 Å². The minimum absolute atomic E-state index is 0.0773. The molecule has 1 saturated heterocycles. The first-order chi connectivity index (χ1) is 11.6. The second kappa shape index (κ2) is 7.01. The average Bonchev–Trinajstić information content (AvgIpc) is 2.63. The molecule has 3 rings (SSSR count). The van der Waals surface area contributed by atoms with Crippen molar-refractivity contribution < 1.29 is 4.79 Å². The molecule has 126 valence electrons. The summed E-state index contributed by atoms with van der Waals surface area (Å²) in [7, 11) is 0. The van der Waals surface area contributed by atoms with Gasteiger partial charge < -0.3 is 10.6 Å². The summed E-state index contributed by atoms with van der Waals surface area (Å²) in [6.07, 6.45) is 3.71. The molecule has 1 aliphatic rings. The third kappa shape index (κ3) is 3.41. The highest BCUT2D eigenvalue weighted by Gasteiger charge is 2.26. The molecule has 0 saturated carbocycles. The summed E-state index contributed by atoms with van der Waals surface area (Å²) in [6, 6.07) is 9.90. The molecule has 5 nitrogen and oxygen atoms in total. The molecule has 0 bridgehead atoms. The number of anilines is 1. The van der Waals surface area contributed by atoms with Crippen LogP contribution in [0.1, 0.15) is 34.5 Å². The maximum atomic E-state index is 12.8. The molecule has 1 atom stereocenters. The first-order valence-corrected chi connectivity index (χ1v) is 8.35. The van der Waals surface area contributed by atoms with Crippen LogP contribution in [0.2, 0.25) is 0 Å². The van der Waals surface area contributed by atoms with Gasteiger partial charge in [0.05, 0.1) is 0 Å². The molecule has 0 radical (unpaired) electrons. The van der Waals surface area contributed by atoms with E-state index in [1.54, 1.807) is 12.3 Å². The van der Waals surface area contributed by atoms with Gasteiger partial charge in [0, 0.05) is 55.9 Å². The summed E-state index contributed by atoms with van der Waals surface area (Å²) in [5, 5.41) is 0. The number of nitrogens with two attached hydrogens (primary N) is 1. The normalized spacial score (nSPS) is 16.8. The number of nitrogen functional groups attached to an aromatic ring is 1. The van der Waals surface area contributed by atoms with Crippen molar-refractivity contribution in [2.45, 2.75) is 19.9 Å². The quantitative estimate of drug-likeness (QED) is 0.881. The number of pyridine rings is 1. The van der Waals surface area contributed by atoms with Gasteiger partial charge in [0.1, 0.15) is 0 Å². The van der Waals surface area contributed by atoms with E-state index in [1.165, 1.54) is 5.56 Å². The van der Waals surface area contributed by atoms with Crippen molar-refractivity contribution in [2.75, 3.05) is 31.9 Å². The van der Waals surface area contributed by atoms with Crippen LogP contribution in [0.3, 0.4) is 0 Å². The Balaban J connectivity index is 1.64. The van der Waals surface area contributed by atoms with Crippen LogP contribution >= 0.6 is 0 Å². The van der Waals surface area contributed by atoms with Gasteiger partial charge in [-0.05, 0) is 43.2 Å². The van der Waals surface area contributed by atoms with Gasteiger partial charge in [0.2, 0.25) is 0 Å². The smallest absolute Gasteiger partial charge is 0.254 e. The Hall–Kier alpha value is -2.40. The molecule has 1 fully saturated rings. The van der Waals surface area contributed by atoms with Crippen molar-refractivity contribution in [3.63, 3.8) is 0 Å². The van der Waals surface area contributed by atoms with E-state index in [2.05, 4.69) is 22.9 Å². The van der Waals surface area contributed by atoms with Gasteiger partial charge >= 0.3 is 0 Å². The summed E-state index contributed by atoms with van der Waals surface area (Å²) in [5.41, 5.74) is 9.36. The van der Waals surface area contributed by atoms with Gasteiger partial charge in [-0.2, -0.15) is 0 Å². The van der Waals surface area contributed by atoms with E-state index >= 15 is 0 Å². The number of amides is 1. The van der Waals surface area contributed by atoms with Gasteiger partial charge in [0.25, 0.3) is 5.91 Å². The fraction of sp³-hybridized carbons (Fsp3) is 0.368. The van der Waals surface area contributed by atoms with Crippen LogP contribution in [0.15, 0.2) is 42.7 Å². The largest absolute Gasteiger partial charge is 0.399 e. The number of benzene rings is 1. The van der Waals surface area contributed by atoms with Crippen molar-refractivity contribution >= 4 is 11.6 Å². The third-order valence-electron chi connectivity index (χ3n) is 4.81. The van der Waals surface area contributed by atoms with E-state index in [9.17, 15) is 4.79 Å². The first-order valence-electron chi connectivity index (χ1n) is 8.35. The van der Waals surface area contributed by atoms with Gasteiger partial charge in [-0.1, -0.05) is 12.1 Å². The number of hydrogen-bond donors (Lipinski definition) is 1. The molecular weight excluding hydrogens is 300 g/mol. The second-order valence-electron chi connectivity index (χ2n) is 6.36.